The van der Waals surface area contributed by atoms with Crippen LogP contribution in [0.15, 0.2) is 42.5 Å². The predicted molar refractivity (Wildman–Crippen MR) is 89.1 cm³/mol. The highest BCUT2D eigenvalue weighted by Gasteiger charge is 2.19. The van der Waals surface area contributed by atoms with E-state index in [1.165, 1.54) is 0 Å². The van der Waals surface area contributed by atoms with Crippen LogP contribution in [0.1, 0.15) is 24.1 Å². The molecular weight excluding hydrogens is 314 g/mol. The Morgan fingerprint density at radius 1 is 1.17 bits per heavy atom. The van der Waals surface area contributed by atoms with Crippen molar-refractivity contribution < 1.29 is 14.3 Å². The van der Waals surface area contributed by atoms with E-state index in [2.05, 4.69) is 5.32 Å². The summed E-state index contributed by atoms with van der Waals surface area (Å²) in [6, 6.07) is 13.0. The number of benzene rings is 2. The molecule has 1 N–H and O–H groups in total. The Kier molecular flexibility index (Phi) is 4.72. The third-order valence-corrected chi connectivity index (χ3v) is 4.04. The van der Waals surface area contributed by atoms with E-state index >= 15 is 0 Å². The van der Waals surface area contributed by atoms with Crippen LogP contribution in [0, 0.1) is 0 Å². The summed E-state index contributed by atoms with van der Waals surface area (Å²) in [5.74, 6) is 1.27. The van der Waals surface area contributed by atoms with Crippen molar-refractivity contribution in [2.75, 3.05) is 13.2 Å². The minimum absolute atomic E-state index is 0.0466. The van der Waals surface area contributed by atoms with Crippen molar-refractivity contribution in [1.29, 1.82) is 0 Å². The predicted octanol–water partition coefficient (Wildman–Crippen LogP) is 3.53. The maximum absolute atomic E-state index is 12.2. The topological polar surface area (TPSA) is 47.6 Å². The Morgan fingerprint density at radius 3 is 2.52 bits per heavy atom. The first-order valence-electron chi connectivity index (χ1n) is 7.56. The van der Waals surface area contributed by atoms with Crippen molar-refractivity contribution in [3.05, 3.63) is 58.6 Å². The highest BCUT2D eigenvalue weighted by molar-refractivity contribution is 6.31. The summed E-state index contributed by atoms with van der Waals surface area (Å²) in [4.78, 5) is 12.2. The molecule has 0 radical (unpaired) electrons. The van der Waals surface area contributed by atoms with Crippen LogP contribution in [0.2, 0.25) is 5.02 Å². The highest BCUT2D eigenvalue weighted by Crippen LogP contribution is 2.37. The smallest absolute Gasteiger partial charge is 0.224 e. The molecule has 0 bridgehead atoms. The molecule has 0 saturated heterocycles. The van der Waals surface area contributed by atoms with Gasteiger partial charge in [0.25, 0.3) is 0 Å². The first kappa shape index (κ1) is 15.7. The molecule has 0 aliphatic carbocycles. The molecule has 4 nitrogen and oxygen atoms in total. The fraction of sp³-hybridized carbons (Fsp3) is 0.278. The van der Waals surface area contributed by atoms with Crippen molar-refractivity contribution in [1.82, 2.24) is 5.32 Å². The van der Waals surface area contributed by atoms with Gasteiger partial charge in [-0.15, -0.1) is 0 Å². The number of carbonyl (C=O) groups excluding carboxylic acids is 1. The van der Waals surface area contributed by atoms with Gasteiger partial charge in [-0.3, -0.25) is 4.79 Å². The van der Waals surface area contributed by atoms with Crippen LogP contribution < -0.4 is 14.8 Å². The Balaban J connectivity index is 1.70. The van der Waals surface area contributed by atoms with Gasteiger partial charge in [0.2, 0.25) is 5.91 Å². The van der Waals surface area contributed by atoms with Gasteiger partial charge in [0.15, 0.2) is 11.5 Å². The van der Waals surface area contributed by atoms with E-state index < -0.39 is 0 Å². The maximum Gasteiger partial charge on any atom is 0.224 e. The zero-order chi connectivity index (χ0) is 16.2. The molecular formula is C18H18ClNO3. The standard InChI is InChI=1S/C18H18ClNO3/c1-12(20-18(21)9-13-5-3-2-4-6-13)14-10-16-17(11-15(14)19)23-8-7-22-16/h2-6,10-12H,7-9H2,1H3,(H,20,21)/t12-/m0/s1. The van der Waals surface area contributed by atoms with E-state index in [0.717, 1.165) is 11.1 Å². The molecule has 2 aromatic rings. The van der Waals surface area contributed by atoms with Crippen molar-refractivity contribution in [3.63, 3.8) is 0 Å². The minimum atomic E-state index is -0.213. The normalized spacial score (nSPS) is 14.2. The Labute approximate surface area is 140 Å². The van der Waals surface area contributed by atoms with Crippen molar-refractivity contribution in [2.45, 2.75) is 19.4 Å². The number of ether oxygens (including phenoxy) is 2. The number of hydrogen-bond donors (Lipinski definition) is 1. The number of nitrogens with one attached hydrogen (secondary N) is 1. The number of rotatable bonds is 4. The zero-order valence-electron chi connectivity index (χ0n) is 12.8. The van der Waals surface area contributed by atoms with E-state index in [1.54, 1.807) is 6.07 Å². The Hall–Kier alpha value is -2.20. The van der Waals surface area contributed by atoms with Crippen LogP contribution in [-0.2, 0) is 11.2 Å². The second-order valence-corrected chi connectivity index (χ2v) is 5.88. The monoisotopic (exact) mass is 331 g/mol. The number of fused-ring (bicyclic) bond motifs is 1. The molecule has 23 heavy (non-hydrogen) atoms. The molecule has 3 rings (SSSR count). The second kappa shape index (κ2) is 6.92. The van der Waals surface area contributed by atoms with Crippen molar-refractivity contribution in [3.8, 4) is 11.5 Å². The second-order valence-electron chi connectivity index (χ2n) is 5.47. The van der Waals surface area contributed by atoms with Crippen LogP contribution in [0.5, 0.6) is 11.5 Å². The van der Waals surface area contributed by atoms with E-state index in [4.69, 9.17) is 21.1 Å². The van der Waals surface area contributed by atoms with E-state index in [0.29, 0.717) is 36.2 Å². The fourth-order valence-corrected chi connectivity index (χ4v) is 2.88. The van der Waals surface area contributed by atoms with E-state index in [-0.39, 0.29) is 11.9 Å². The first-order chi connectivity index (χ1) is 11.1. The van der Waals surface area contributed by atoms with Gasteiger partial charge >= 0.3 is 0 Å². The number of halogens is 1. The average molecular weight is 332 g/mol. The van der Waals surface area contributed by atoms with Crippen LogP contribution in [-0.4, -0.2) is 19.1 Å². The number of carbonyl (C=O) groups is 1. The summed E-state index contributed by atoms with van der Waals surface area (Å²) in [6.07, 6.45) is 0.341. The van der Waals surface area contributed by atoms with Gasteiger partial charge in [0.05, 0.1) is 12.5 Å². The van der Waals surface area contributed by atoms with E-state index in [1.807, 2.05) is 43.3 Å². The molecule has 1 atom stereocenters. The summed E-state index contributed by atoms with van der Waals surface area (Å²) >= 11 is 6.31. The third kappa shape index (κ3) is 3.77. The summed E-state index contributed by atoms with van der Waals surface area (Å²) in [5, 5.41) is 3.53. The van der Waals surface area contributed by atoms with Gasteiger partial charge in [-0.05, 0) is 24.1 Å². The molecule has 1 aliphatic rings. The SMILES string of the molecule is C[C@H](NC(=O)Cc1ccccc1)c1cc2c(cc1Cl)OCCO2. The van der Waals surface area contributed by atoms with Crippen LogP contribution in [0.3, 0.4) is 0 Å². The Bertz CT molecular complexity index is 703. The van der Waals surface area contributed by atoms with Crippen LogP contribution in [0.4, 0.5) is 0 Å². The summed E-state index contributed by atoms with van der Waals surface area (Å²) in [5.41, 5.74) is 1.79. The lowest BCUT2D eigenvalue weighted by molar-refractivity contribution is -0.121. The highest BCUT2D eigenvalue weighted by atomic mass is 35.5. The van der Waals surface area contributed by atoms with Crippen molar-refractivity contribution in [2.24, 2.45) is 0 Å². The van der Waals surface area contributed by atoms with Crippen molar-refractivity contribution >= 4 is 17.5 Å². The lowest BCUT2D eigenvalue weighted by atomic mass is 10.1. The minimum Gasteiger partial charge on any atom is -0.486 e. The molecule has 1 amide bonds. The first-order valence-corrected chi connectivity index (χ1v) is 7.93. The lowest BCUT2D eigenvalue weighted by Gasteiger charge is -2.22. The lowest BCUT2D eigenvalue weighted by Crippen LogP contribution is -2.28. The van der Waals surface area contributed by atoms with Gasteiger partial charge in [0.1, 0.15) is 13.2 Å². The number of amides is 1. The molecule has 120 valence electrons. The third-order valence-electron chi connectivity index (χ3n) is 3.71. The van der Waals surface area contributed by atoms with Gasteiger partial charge in [-0.1, -0.05) is 41.9 Å². The van der Waals surface area contributed by atoms with Gasteiger partial charge in [-0.2, -0.15) is 0 Å². The number of hydrogen-bond acceptors (Lipinski definition) is 3. The molecule has 0 unspecified atom stereocenters. The zero-order valence-corrected chi connectivity index (χ0v) is 13.6. The summed E-state index contributed by atoms with van der Waals surface area (Å²) < 4.78 is 11.1. The summed E-state index contributed by atoms with van der Waals surface area (Å²) in [6.45, 7) is 2.94. The van der Waals surface area contributed by atoms with Gasteiger partial charge < -0.3 is 14.8 Å². The molecule has 0 aromatic heterocycles. The average Bonchev–Trinajstić information content (AvgIpc) is 2.55. The molecule has 2 aromatic carbocycles. The molecule has 0 spiro atoms. The van der Waals surface area contributed by atoms with Gasteiger partial charge in [-0.25, -0.2) is 0 Å². The molecule has 0 saturated carbocycles. The van der Waals surface area contributed by atoms with Crippen LogP contribution >= 0.6 is 11.6 Å². The molecule has 1 aliphatic heterocycles. The fourth-order valence-electron chi connectivity index (χ4n) is 2.56. The summed E-state index contributed by atoms with van der Waals surface area (Å²) in [7, 11) is 0. The Morgan fingerprint density at radius 2 is 1.83 bits per heavy atom. The van der Waals surface area contributed by atoms with Gasteiger partial charge in [0, 0.05) is 11.1 Å². The molecule has 1 heterocycles. The molecule has 5 heteroatoms. The quantitative estimate of drug-likeness (QED) is 0.932. The largest absolute Gasteiger partial charge is 0.486 e. The van der Waals surface area contributed by atoms with Crippen LogP contribution in [0.25, 0.3) is 0 Å². The van der Waals surface area contributed by atoms with E-state index in [9.17, 15) is 4.79 Å². The maximum atomic E-state index is 12.2. The molecule has 0 fully saturated rings.